The largest absolute Gasteiger partial charge is 0.409 e. The Bertz CT molecular complexity index is 757. The van der Waals surface area contributed by atoms with Crippen molar-refractivity contribution < 1.29 is 5.21 Å². The molecule has 0 spiro atoms. The fraction of sp³-hybridized carbons (Fsp3) is 0. The predicted octanol–water partition coefficient (Wildman–Crippen LogP) is 1.51. The third-order valence-corrected chi connectivity index (χ3v) is 2.87. The predicted molar refractivity (Wildman–Crippen MR) is 71.4 cm³/mol. The number of para-hydroxylation sites is 1. The van der Waals surface area contributed by atoms with Crippen molar-refractivity contribution in [2.24, 2.45) is 10.9 Å². The molecule has 6 heteroatoms. The van der Waals surface area contributed by atoms with Gasteiger partial charge in [-0.3, -0.25) is 4.57 Å². The molecule has 3 aromatic rings. The molecule has 6 nitrogen and oxygen atoms in total. The van der Waals surface area contributed by atoms with E-state index in [4.69, 9.17) is 10.9 Å². The minimum Gasteiger partial charge on any atom is -0.409 e. The molecule has 0 aliphatic heterocycles. The topological polar surface area (TPSA) is 89.3 Å². The van der Waals surface area contributed by atoms with E-state index >= 15 is 0 Å². The number of nitrogens with two attached hydrogens (primary N) is 1. The van der Waals surface area contributed by atoms with E-state index in [1.807, 2.05) is 36.5 Å². The molecule has 3 rings (SSSR count). The zero-order valence-electron chi connectivity index (χ0n) is 9.93. The maximum atomic E-state index is 8.81. The first-order valence-electron chi connectivity index (χ1n) is 5.66. The van der Waals surface area contributed by atoms with Crippen molar-refractivity contribution >= 4 is 16.7 Å². The summed E-state index contributed by atoms with van der Waals surface area (Å²) in [4.78, 5) is 8.50. The van der Waals surface area contributed by atoms with Crippen LogP contribution in [0.3, 0.4) is 0 Å². The number of aromatic nitrogens is 3. The number of hydrogen-bond acceptors (Lipinski definition) is 4. The van der Waals surface area contributed by atoms with Gasteiger partial charge >= 0.3 is 0 Å². The van der Waals surface area contributed by atoms with Crippen LogP contribution >= 0.6 is 0 Å². The first-order chi connectivity index (χ1) is 9.31. The minimum atomic E-state index is 0.0349. The van der Waals surface area contributed by atoms with Crippen LogP contribution in [0.1, 0.15) is 5.69 Å². The van der Waals surface area contributed by atoms with Crippen molar-refractivity contribution in [3.8, 4) is 5.82 Å². The quantitative estimate of drug-likeness (QED) is 0.313. The van der Waals surface area contributed by atoms with Crippen LogP contribution in [0.15, 0.2) is 54.1 Å². The SMILES string of the molecule is N/C(=N/O)c1cccn1-c1ncnc2ccccc12. The van der Waals surface area contributed by atoms with Crippen LogP contribution in [0, 0.1) is 0 Å². The monoisotopic (exact) mass is 253 g/mol. The van der Waals surface area contributed by atoms with Crippen molar-refractivity contribution in [2.75, 3.05) is 0 Å². The van der Waals surface area contributed by atoms with Gasteiger partial charge in [-0.2, -0.15) is 0 Å². The van der Waals surface area contributed by atoms with Gasteiger partial charge in [0.2, 0.25) is 0 Å². The van der Waals surface area contributed by atoms with Crippen LogP contribution < -0.4 is 5.73 Å². The number of nitrogens with zero attached hydrogens (tertiary/aromatic N) is 4. The molecular formula is C13H11N5O. The summed E-state index contributed by atoms with van der Waals surface area (Å²) in [5.41, 5.74) is 7.07. The average molecular weight is 253 g/mol. The second-order valence-corrected chi connectivity index (χ2v) is 3.96. The molecule has 0 fully saturated rings. The highest BCUT2D eigenvalue weighted by Crippen LogP contribution is 2.19. The Kier molecular flexibility index (Phi) is 2.60. The highest BCUT2D eigenvalue weighted by molar-refractivity contribution is 5.97. The molecule has 0 atom stereocenters. The molecule has 0 aliphatic rings. The number of amidine groups is 1. The van der Waals surface area contributed by atoms with E-state index in [-0.39, 0.29) is 5.84 Å². The van der Waals surface area contributed by atoms with Crippen molar-refractivity contribution in [2.45, 2.75) is 0 Å². The molecule has 94 valence electrons. The van der Waals surface area contributed by atoms with Crippen LogP contribution in [0.2, 0.25) is 0 Å². The molecule has 1 aromatic carbocycles. The lowest BCUT2D eigenvalue weighted by Gasteiger charge is -2.09. The summed E-state index contributed by atoms with van der Waals surface area (Å²) < 4.78 is 1.76. The summed E-state index contributed by atoms with van der Waals surface area (Å²) in [6, 6.07) is 11.2. The summed E-state index contributed by atoms with van der Waals surface area (Å²) in [5.74, 6) is 0.727. The molecule has 0 saturated heterocycles. The van der Waals surface area contributed by atoms with Crippen molar-refractivity contribution in [1.82, 2.24) is 14.5 Å². The van der Waals surface area contributed by atoms with Gasteiger partial charge in [0.1, 0.15) is 12.1 Å². The van der Waals surface area contributed by atoms with E-state index in [1.54, 1.807) is 10.6 Å². The van der Waals surface area contributed by atoms with Crippen LogP contribution in [0.4, 0.5) is 0 Å². The van der Waals surface area contributed by atoms with Crippen LogP contribution in [0.25, 0.3) is 16.7 Å². The Balaban J connectivity index is 2.29. The van der Waals surface area contributed by atoms with Gasteiger partial charge in [0, 0.05) is 11.6 Å². The van der Waals surface area contributed by atoms with E-state index in [1.165, 1.54) is 6.33 Å². The lowest BCUT2D eigenvalue weighted by atomic mass is 10.2. The summed E-state index contributed by atoms with van der Waals surface area (Å²) in [7, 11) is 0. The van der Waals surface area contributed by atoms with Gasteiger partial charge in [0.05, 0.1) is 11.2 Å². The van der Waals surface area contributed by atoms with Gasteiger partial charge in [-0.05, 0) is 24.3 Å². The zero-order valence-corrected chi connectivity index (χ0v) is 9.93. The van der Waals surface area contributed by atoms with Gasteiger partial charge in [-0.15, -0.1) is 0 Å². The standard InChI is InChI=1S/C13H11N5O/c14-12(17-19)11-6-3-7-18(11)13-9-4-1-2-5-10(9)15-8-16-13/h1-8,19H,(H2,14,17). The number of oxime groups is 1. The number of benzene rings is 1. The number of hydrogen-bond donors (Lipinski definition) is 2. The van der Waals surface area contributed by atoms with Crippen molar-refractivity contribution in [3.05, 3.63) is 54.6 Å². The molecule has 19 heavy (non-hydrogen) atoms. The molecule has 0 aliphatic carbocycles. The molecule has 0 amide bonds. The molecule has 3 N–H and O–H groups in total. The van der Waals surface area contributed by atoms with E-state index in [2.05, 4.69) is 15.1 Å². The smallest absolute Gasteiger partial charge is 0.187 e. The summed E-state index contributed by atoms with van der Waals surface area (Å²) in [6.45, 7) is 0. The Morgan fingerprint density at radius 3 is 2.84 bits per heavy atom. The maximum Gasteiger partial charge on any atom is 0.187 e. The van der Waals surface area contributed by atoms with Crippen molar-refractivity contribution in [1.29, 1.82) is 0 Å². The highest BCUT2D eigenvalue weighted by atomic mass is 16.4. The van der Waals surface area contributed by atoms with Gasteiger partial charge in [-0.1, -0.05) is 17.3 Å². The molecule has 0 radical (unpaired) electrons. The van der Waals surface area contributed by atoms with E-state index in [9.17, 15) is 0 Å². The average Bonchev–Trinajstić information content (AvgIpc) is 2.95. The summed E-state index contributed by atoms with van der Waals surface area (Å²) >= 11 is 0. The molecule has 0 bridgehead atoms. The third kappa shape index (κ3) is 1.79. The first kappa shape index (κ1) is 11.2. The summed E-state index contributed by atoms with van der Waals surface area (Å²) in [5, 5.41) is 12.7. The lowest BCUT2D eigenvalue weighted by molar-refractivity contribution is 0.318. The molecule has 0 saturated carbocycles. The van der Waals surface area contributed by atoms with Gasteiger partial charge in [0.15, 0.2) is 5.84 Å². The van der Waals surface area contributed by atoms with E-state index in [0.717, 1.165) is 10.9 Å². The fourth-order valence-corrected chi connectivity index (χ4v) is 2.01. The molecule has 2 aromatic heterocycles. The fourth-order valence-electron chi connectivity index (χ4n) is 2.01. The zero-order chi connectivity index (χ0) is 13.2. The minimum absolute atomic E-state index is 0.0349. The van der Waals surface area contributed by atoms with Gasteiger partial charge in [0.25, 0.3) is 0 Å². The van der Waals surface area contributed by atoms with E-state index in [0.29, 0.717) is 11.5 Å². The third-order valence-electron chi connectivity index (χ3n) is 2.87. The summed E-state index contributed by atoms with van der Waals surface area (Å²) in [6.07, 6.45) is 3.30. The number of rotatable bonds is 2. The highest BCUT2D eigenvalue weighted by Gasteiger charge is 2.11. The normalized spacial score (nSPS) is 11.9. The molecular weight excluding hydrogens is 242 g/mol. The van der Waals surface area contributed by atoms with Crippen molar-refractivity contribution in [3.63, 3.8) is 0 Å². The second kappa shape index (κ2) is 4.41. The van der Waals surface area contributed by atoms with Gasteiger partial charge < -0.3 is 10.9 Å². The maximum absolute atomic E-state index is 8.81. The van der Waals surface area contributed by atoms with E-state index < -0.39 is 0 Å². The Morgan fingerprint density at radius 1 is 1.16 bits per heavy atom. The number of fused-ring (bicyclic) bond motifs is 1. The van der Waals surface area contributed by atoms with Gasteiger partial charge in [-0.25, -0.2) is 9.97 Å². The molecule has 0 unspecified atom stereocenters. The first-order valence-corrected chi connectivity index (χ1v) is 5.66. The Morgan fingerprint density at radius 2 is 2.00 bits per heavy atom. The van der Waals surface area contributed by atoms with Crippen LogP contribution in [0.5, 0.6) is 0 Å². The Hall–Kier alpha value is -2.89. The van der Waals surface area contributed by atoms with Crippen LogP contribution in [-0.2, 0) is 0 Å². The second-order valence-electron chi connectivity index (χ2n) is 3.96. The Labute approximate surface area is 108 Å². The lowest BCUT2D eigenvalue weighted by Crippen LogP contribution is -2.18. The van der Waals surface area contributed by atoms with Crippen LogP contribution in [-0.4, -0.2) is 25.6 Å². The molecule has 2 heterocycles.